The third-order valence-electron chi connectivity index (χ3n) is 5.51. The lowest BCUT2D eigenvalue weighted by atomic mass is 10.0. The van der Waals surface area contributed by atoms with E-state index in [9.17, 15) is 18.0 Å². The molecule has 2 aromatic rings. The number of rotatable bonds is 6. The van der Waals surface area contributed by atoms with Crippen LogP contribution in [-0.2, 0) is 17.5 Å². The molecule has 2 aromatic carbocycles. The van der Waals surface area contributed by atoms with Crippen LogP contribution in [0.3, 0.4) is 0 Å². The molecular weight excluding hydrogens is 377 g/mol. The van der Waals surface area contributed by atoms with E-state index in [0.717, 1.165) is 47.4 Å². The predicted molar refractivity (Wildman–Crippen MR) is 110 cm³/mol. The molecule has 1 fully saturated rings. The molecule has 3 rings (SSSR count). The molecule has 0 aliphatic heterocycles. The summed E-state index contributed by atoms with van der Waals surface area (Å²) in [5, 5.41) is 6.21. The number of aryl methyl sites for hydroxylation is 2. The van der Waals surface area contributed by atoms with Crippen LogP contribution in [-0.4, -0.2) is 5.91 Å². The maximum atomic E-state index is 12.7. The lowest BCUT2D eigenvalue weighted by molar-refractivity contribution is -0.137. The van der Waals surface area contributed by atoms with E-state index in [4.69, 9.17) is 0 Å². The van der Waals surface area contributed by atoms with Gasteiger partial charge in [-0.05, 0) is 73.6 Å². The summed E-state index contributed by atoms with van der Waals surface area (Å²) in [6.45, 7) is 4.41. The Morgan fingerprint density at radius 1 is 1.03 bits per heavy atom. The quantitative estimate of drug-likeness (QED) is 0.581. The molecule has 0 saturated heterocycles. The molecule has 0 atom stereocenters. The second-order valence-electron chi connectivity index (χ2n) is 7.94. The van der Waals surface area contributed by atoms with Gasteiger partial charge in [-0.3, -0.25) is 4.79 Å². The van der Waals surface area contributed by atoms with Crippen LogP contribution in [0.2, 0.25) is 0 Å². The summed E-state index contributed by atoms with van der Waals surface area (Å²) in [5.74, 6) is 0.571. The van der Waals surface area contributed by atoms with Crippen LogP contribution >= 0.6 is 0 Å². The van der Waals surface area contributed by atoms with Crippen molar-refractivity contribution in [2.75, 3.05) is 10.6 Å². The van der Waals surface area contributed by atoms with Crippen LogP contribution in [0.15, 0.2) is 36.4 Å². The molecule has 0 spiro atoms. The van der Waals surface area contributed by atoms with Gasteiger partial charge in [0.2, 0.25) is 5.91 Å². The molecular formula is C23H27F3N2O. The Bertz CT molecular complexity index is 830. The lowest BCUT2D eigenvalue weighted by Crippen LogP contribution is -2.17. The Kier molecular flexibility index (Phi) is 6.50. The number of hydrogen-bond acceptors (Lipinski definition) is 2. The van der Waals surface area contributed by atoms with Crippen molar-refractivity contribution in [3.05, 3.63) is 58.7 Å². The highest BCUT2D eigenvalue weighted by Crippen LogP contribution is 2.31. The molecule has 0 aromatic heterocycles. The van der Waals surface area contributed by atoms with Crippen molar-refractivity contribution in [1.29, 1.82) is 0 Å². The van der Waals surface area contributed by atoms with E-state index in [2.05, 4.69) is 10.6 Å². The second-order valence-corrected chi connectivity index (χ2v) is 7.94. The zero-order valence-corrected chi connectivity index (χ0v) is 16.8. The fourth-order valence-electron chi connectivity index (χ4n) is 4.00. The van der Waals surface area contributed by atoms with Crippen molar-refractivity contribution in [1.82, 2.24) is 0 Å². The summed E-state index contributed by atoms with van der Waals surface area (Å²) < 4.78 is 38.0. The van der Waals surface area contributed by atoms with E-state index >= 15 is 0 Å². The largest absolute Gasteiger partial charge is 0.416 e. The number of amides is 1. The van der Waals surface area contributed by atoms with Crippen LogP contribution < -0.4 is 10.6 Å². The average molecular weight is 404 g/mol. The van der Waals surface area contributed by atoms with Crippen LogP contribution in [0.5, 0.6) is 0 Å². The normalized spacial score (nSPS) is 14.8. The molecule has 1 amide bonds. The van der Waals surface area contributed by atoms with Crippen molar-refractivity contribution in [3.8, 4) is 0 Å². The average Bonchev–Trinajstić information content (AvgIpc) is 3.15. The third-order valence-corrected chi connectivity index (χ3v) is 5.51. The first-order valence-electron chi connectivity index (χ1n) is 10.0. The van der Waals surface area contributed by atoms with E-state index in [1.165, 1.54) is 25.0 Å². The van der Waals surface area contributed by atoms with Crippen molar-refractivity contribution in [2.45, 2.75) is 58.7 Å². The van der Waals surface area contributed by atoms with Crippen LogP contribution in [0.4, 0.5) is 24.5 Å². The number of nitrogens with one attached hydrogen (secondary N) is 2. The molecule has 6 heteroatoms. The molecule has 0 heterocycles. The van der Waals surface area contributed by atoms with E-state index < -0.39 is 11.7 Å². The van der Waals surface area contributed by atoms with E-state index in [1.54, 1.807) is 0 Å². The number of carbonyl (C=O) groups is 1. The molecule has 3 nitrogen and oxygen atoms in total. The first-order valence-corrected chi connectivity index (χ1v) is 10.0. The summed E-state index contributed by atoms with van der Waals surface area (Å²) in [5.41, 5.74) is 3.79. The maximum absolute atomic E-state index is 12.7. The summed E-state index contributed by atoms with van der Waals surface area (Å²) in [7, 11) is 0. The Morgan fingerprint density at radius 3 is 2.17 bits per heavy atom. The van der Waals surface area contributed by atoms with Crippen molar-refractivity contribution in [2.24, 2.45) is 5.92 Å². The SMILES string of the molecule is Cc1cc(CNc2ccc(C(F)(F)F)cc2)cc(C)c1NC(=O)CC1CCCC1. The van der Waals surface area contributed by atoms with E-state index in [1.807, 2.05) is 26.0 Å². The van der Waals surface area contributed by atoms with Gasteiger partial charge in [-0.15, -0.1) is 0 Å². The maximum Gasteiger partial charge on any atom is 0.416 e. The molecule has 0 radical (unpaired) electrons. The van der Waals surface area contributed by atoms with Gasteiger partial charge in [0.05, 0.1) is 5.56 Å². The van der Waals surface area contributed by atoms with E-state index in [0.29, 0.717) is 24.6 Å². The Hall–Kier alpha value is -2.50. The van der Waals surface area contributed by atoms with Crippen molar-refractivity contribution in [3.63, 3.8) is 0 Å². The van der Waals surface area contributed by atoms with Gasteiger partial charge in [0.1, 0.15) is 0 Å². The highest BCUT2D eigenvalue weighted by Gasteiger charge is 2.29. The number of hydrogen-bond donors (Lipinski definition) is 2. The topological polar surface area (TPSA) is 41.1 Å². The van der Waals surface area contributed by atoms with Crippen molar-refractivity contribution < 1.29 is 18.0 Å². The first-order chi connectivity index (χ1) is 13.7. The fourth-order valence-corrected chi connectivity index (χ4v) is 4.00. The molecule has 2 N–H and O–H groups in total. The number of anilines is 2. The van der Waals surface area contributed by atoms with E-state index in [-0.39, 0.29) is 5.91 Å². The van der Waals surface area contributed by atoms with Gasteiger partial charge in [-0.2, -0.15) is 13.2 Å². The Balaban J connectivity index is 1.60. The van der Waals surface area contributed by atoms with Gasteiger partial charge >= 0.3 is 6.18 Å². The first kappa shape index (κ1) is 21.2. The minimum Gasteiger partial charge on any atom is -0.381 e. The Morgan fingerprint density at radius 2 is 1.62 bits per heavy atom. The standard InChI is InChI=1S/C23H27F3N2O/c1-15-11-18(14-27-20-9-7-19(8-10-20)23(24,25)26)12-16(2)22(15)28-21(29)13-17-5-3-4-6-17/h7-12,17,27H,3-6,13-14H2,1-2H3,(H,28,29). The fraction of sp³-hybridized carbons (Fsp3) is 0.435. The number of carbonyl (C=O) groups excluding carboxylic acids is 1. The zero-order chi connectivity index (χ0) is 21.0. The molecule has 0 bridgehead atoms. The monoisotopic (exact) mass is 404 g/mol. The molecule has 0 unspecified atom stereocenters. The van der Waals surface area contributed by atoms with Gasteiger partial charge in [0.15, 0.2) is 0 Å². The molecule has 1 saturated carbocycles. The minimum atomic E-state index is -4.33. The predicted octanol–water partition coefficient (Wildman–Crippen LogP) is 6.45. The number of halogens is 3. The second kappa shape index (κ2) is 8.89. The summed E-state index contributed by atoms with van der Waals surface area (Å²) in [4.78, 5) is 12.4. The number of alkyl halides is 3. The van der Waals surface area contributed by atoms with Gasteiger partial charge in [0.25, 0.3) is 0 Å². The smallest absolute Gasteiger partial charge is 0.381 e. The molecule has 156 valence electrons. The highest BCUT2D eigenvalue weighted by atomic mass is 19.4. The highest BCUT2D eigenvalue weighted by molar-refractivity contribution is 5.92. The van der Waals surface area contributed by atoms with Crippen LogP contribution in [0, 0.1) is 19.8 Å². The van der Waals surface area contributed by atoms with Crippen molar-refractivity contribution >= 4 is 17.3 Å². The third kappa shape index (κ3) is 5.75. The molecule has 1 aliphatic carbocycles. The summed E-state index contributed by atoms with van der Waals surface area (Å²) in [6.07, 6.45) is 0.966. The number of benzene rings is 2. The summed E-state index contributed by atoms with van der Waals surface area (Å²) in [6, 6.07) is 8.99. The molecule has 1 aliphatic rings. The van der Waals surface area contributed by atoms with Gasteiger partial charge < -0.3 is 10.6 Å². The van der Waals surface area contributed by atoms with Gasteiger partial charge in [-0.25, -0.2) is 0 Å². The zero-order valence-electron chi connectivity index (χ0n) is 16.8. The van der Waals surface area contributed by atoms with Crippen LogP contribution in [0.1, 0.15) is 54.4 Å². The molecule has 29 heavy (non-hydrogen) atoms. The van der Waals surface area contributed by atoms with Gasteiger partial charge in [0, 0.05) is 24.3 Å². The summed E-state index contributed by atoms with van der Waals surface area (Å²) >= 11 is 0. The van der Waals surface area contributed by atoms with Gasteiger partial charge in [-0.1, -0.05) is 25.0 Å². The minimum absolute atomic E-state index is 0.0683. The van der Waals surface area contributed by atoms with Crippen LogP contribution in [0.25, 0.3) is 0 Å². The Labute approximate surface area is 169 Å². The lowest BCUT2D eigenvalue weighted by Gasteiger charge is -2.16.